The van der Waals surface area contributed by atoms with Crippen LogP contribution in [0.1, 0.15) is 17.3 Å². The van der Waals surface area contributed by atoms with Gasteiger partial charge in [0.25, 0.3) is 5.91 Å². The fourth-order valence-corrected chi connectivity index (χ4v) is 1.72. The molecule has 1 rings (SSSR count). The van der Waals surface area contributed by atoms with Crippen LogP contribution in [0.2, 0.25) is 5.02 Å². The number of hydrogen-bond acceptors (Lipinski definition) is 3. The average molecular weight is 270 g/mol. The van der Waals surface area contributed by atoms with Gasteiger partial charge in [0.05, 0.1) is 17.1 Å². The highest BCUT2D eigenvalue weighted by atomic mass is 35.5. The third kappa shape index (κ3) is 3.63. The number of rotatable bonds is 4. The second kappa shape index (κ2) is 6.26. The van der Waals surface area contributed by atoms with Gasteiger partial charge in [-0.2, -0.15) is 0 Å². The lowest BCUT2D eigenvalue weighted by molar-refractivity contribution is -0.121. The topological polar surface area (TPSA) is 75.4 Å². The first kappa shape index (κ1) is 14.3. The Labute approximate surface area is 111 Å². The summed E-state index contributed by atoms with van der Waals surface area (Å²) in [5.41, 5.74) is 6.37. The first-order valence-corrected chi connectivity index (χ1v) is 5.90. The van der Waals surface area contributed by atoms with Crippen molar-refractivity contribution in [2.75, 3.05) is 25.9 Å². The number of nitrogens with two attached hydrogens (primary N) is 1. The van der Waals surface area contributed by atoms with Gasteiger partial charge in [0.15, 0.2) is 0 Å². The highest BCUT2D eigenvalue weighted by molar-refractivity contribution is 6.34. The number of nitrogen functional groups attached to an aromatic ring is 1. The van der Waals surface area contributed by atoms with Crippen LogP contribution in [0.4, 0.5) is 5.69 Å². The Kier molecular flexibility index (Phi) is 4.97. The summed E-state index contributed by atoms with van der Waals surface area (Å²) in [6.07, 6.45) is 0. The largest absolute Gasteiger partial charge is 0.399 e. The summed E-state index contributed by atoms with van der Waals surface area (Å²) in [7, 11) is 1.55. The monoisotopic (exact) mass is 269 g/mol. The minimum Gasteiger partial charge on any atom is -0.399 e. The molecule has 0 fully saturated rings. The summed E-state index contributed by atoms with van der Waals surface area (Å²) >= 11 is 5.94. The maximum atomic E-state index is 12.0. The van der Waals surface area contributed by atoms with E-state index < -0.39 is 0 Å². The van der Waals surface area contributed by atoms with Crippen LogP contribution >= 0.6 is 11.6 Å². The van der Waals surface area contributed by atoms with Crippen LogP contribution in [0.25, 0.3) is 0 Å². The molecule has 0 radical (unpaired) electrons. The summed E-state index contributed by atoms with van der Waals surface area (Å²) in [6.45, 7) is 2.34. The van der Waals surface area contributed by atoms with Gasteiger partial charge in [-0.05, 0) is 25.1 Å². The number of halogens is 1. The van der Waals surface area contributed by atoms with Crippen molar-refractivity contribution in [2.24, 2.45) is 0 Å². The molecule has 0 heterocycles. The first-order valence-electron chi connectivity index (χ1n) is 5.53. The smallest absolute Gasteiger partial charge is 0.255 e. The molecule has 1 aromatic rings. The van der Waals surface area contributed by atoms with E-state index in [1.54, 1.807) is 19.2 Å². The molecule has 0 saturated carbocycles. The molecule has 0 unspecified atom stereocenters. The van der Waals surface area contributed by atoms with Crippen molar-refractivity contribution in [1.82, 2.24) is 10.2 Å². The Morgan fingerprint density at radius 3 is 2.67 bits per heavy atom. The zero-order valence-corrected chi connectivity index (χ0v) is 11.1. The van der Waals surface area contributed by atoms with Crippen molar-refractivity contribution in [2.45, 2.75) is 6.92 Å². The van der Waals surface area contributed by atoms with Crippen molar-refractivity contribution in [3.8, 4) is 0 Å². The first-order chi connectivity index (χ1) is 8.45. The number of nitrogens with one attached hydrogen (secondary N) is 1. The Hall–Kier alpha value is -1.75. The van der Waals surface area contributed by atoms with Crippen LogP contribution in [0.3, 0.4) is 0 Å². The number of benzene rings is 1. The molecule has 6 heteroatoms. The maximum Gasteiger partial charge on any atom is 0.255 e. The van der Waals surface area contributed by atoms with Crippen molar-refractivity contribution in [1.29, 1.82) is 0 Å². The van der Waals surface area contributed by atoms with Crippen LogP contribution in [0, 0.1) is 0 Å². The zero-order valence-electron chi connectivity index (χ0n) is 10.4. The summed E-state index contributed by atoms with van der Waals surface area (Å²) in [6, 6.07) is 4.65. The fourth-order valence-electron chi connectivity index (χ4n) is 1.45. The van der Waals surface area contributed by atoms with Gasteiger partial charge in [-0.3, -0.25) is 9.59 Å². The van der Waals surface area contributed by atoms with E-state index >= 15 is 0 Å². The molecule has 0 atom stereocenters. The minimum atomic E-state index is -0.314. The van der Waals surface area contributed by atoms with Crippen molar-refractivity contribution < 1.29 is 9.59 Å². The van der Waals surface area contributed by atoms with Gasteiger partial charge >= 0.3 is 0 Å². The number of hydrogen-bond donors (Lipinski definition) is 2. The number of carbonyl (C=O) groups is 2. The normalized spacial score (nSPS) is 9.94. The predicted molar refractivity (Wildman–Crippen MR) is 71.5 cm³/mol. The number of amides is 2. The molecule has 98 valence electrons. The SMILES string of the molecule is CCNC(=O)CN(C)C(=O)c1ccc(N)cc1Cl. The number of nitrogens with zero attached hydrogens (tertiary/aromatic N) is 1. The van der Waals surface area contributed by atoms with Crippen molar-refractivity contribution in [3.63, 3.8) is 0 Å². The van der Waals surface area contributed by atoms with E-state index in [9.17, 15) is 9.59 Å². The lowest BCUT2D eigenvalue weighted by Crippen LogP contribution is -2.38. The molecule has 0 aromatic heterocycles. The summed E-state index contributed by atoms with van der Waals surface area (Å²) < 4.78 is 0. The summed E-state index contributed by atoms with van der Waals surface area (Å²) in [5.74, 6) is -0.522. The Bertz CT molecular complexity index is 463. The van der Waals surface area contributed by atoms with E-state index in [1.807, 2.05) is 6.92 Å². The van der Waals surface area contributed by atoms with Crippen LogP contribution in [0.15, 0.2) is 18.2 Å². The molecule has 0 saturated heterocycles. The van der Waals surface area contributed by atoms with Gasteiger partial charge < -0.3 is 16.0 Å². The zero-order chi connectivity index (χ0) is 13.7. The second-order valence-electron chi connectivity index (χ2n) is 3.85. The molecule has 2 amide bonds. The van der Waals surface area contributed by atoms with Crippen LogP contribution in [-0.4, -0.2) is 36.9 Å². The van der Waals surface area contributed by atoms with Gasteiger partial charge in [0.1, 0.15) is 0 Å². The minimum absolute atomic E-state index is 0.00657. The second-order valence-corrected chi connectivity index (χ2v) is 4.26. The van der Waals surface area contributed by atoms with Gasteiger partial charge in [-0.15, -0.1) is 0 Å². The summed E-state index contributed by atoms with van der Waals surface area (Å²) in [4.78, 5) is 24.7. The van der Waals surface area contributed by atoms with Gasteiger partial charge in [-0.1, -0.05) is 11.6 Å². The van der Waals surface area contributed by atoms with Gasteiger partial charge in [0, 0.05) is 19.3 Å². The molecule has 0 aliphatic rings. The molecule has 0 spiro atoms. The maximum absolute atomic E-state index is 12.0. The molecule has 5 nitrogen and oxygen atoms in total. The van der Waals surface area contributed by atoms with Crippen LogP contribution in [0.5, 0.6) is 0 Å². The van der Waals surface area contributed by atoms with E-state index in [0.717, 1.165) is 0 Å². The number of likely N-dealkylation sites (N-methyl/N-ethyl adjacent to an activating group) is 2. The third-order valence-corrected chi connectivity index (χ3v) is 2.64. The highest BCUT2D eigenvalue weighted by Gasteiger charge is 2.17. The Morgan fingerprint density at radius 1 is 1.44 bits per heavy atom. The molecular weight excluding hydrogens is 254 g/mol. The molecule has 0 aliphatic carbocycles. The predicted octanol–water partition coefficient (Wildman–Crippen LogP) is 1.13. The molecular formula is C12H16ClN3O2. The average Bonchev–Trinajstić information content (AvgIpc) is 2.28. The number of carbonyl (C=O) groups excluding carboxylic acids is 2. The van der Waals surface area contributed by atoms with Crippen molar-refractivity contribution >= 4 is 29.1 Å². The van der Waals surface area contributed by atoms with Crippen LogP contribution < -0.4 is 11.1 Å². The van der Waals surface area contributed by atoms with E-state index in [0.29, 0.717) is 17.8 Å². The lowest BCUT2D eigenvalue weighted by Gasteiger charge is -2.17. The third-order valence-electron chi connectivity index (χ3n) is 2.32. The standard InChI is InChI=1S/C12H16ClN3O2/c1-3-15-11(17)7-16(2)12(18)9-5-4-8(14)6-10(9)13/h4-6H,3,7,14H2,1-2H3,(H,15,17). The van der Waals surface area contributed by atoms with E-state index in [-0.39, 0.29) is 23.4 Å². The molecule has 1 aromatic carbocycles. The van der Waals surface area contributed by atoms with E-state index in [2.05, 4.69) is 5.32 Å². The number of anilines is 1. The van der Waals surface area contributed by atoms with E-state index in [4.69, 9.17) is 17.3 Å². The molecule has 3 N–H and O–H groups in total. The van der Waals surface area contributed by atoms with Gasteiger partial charge in [-0.25, -0.2) is 0 Å². The molecule has 18 heavy (non-hydrogen) atoms. The Balaban J connectivity index is 2.77. The molecule has 0 bridgehead atoms. The van der Waals surface area contributed by atoms with Crippen molar-refractivity contribution in [3.05, 3.63) is 28.8 Å². The van der Waals surface area contributed by atoms with Crippen LogP contribution in [-0.2, 0) is 4.79 Å². The Morgan fingerprint density at radius 2 is 2.11 bits per heavy atom. The summed E-state index contributed by atoms with van der Waals surface area (Å²) in [5, 5.41) is 2.90. The quantitative estimate of drug-likeness (QED) is 0.805. The van der Waals surface area contributed by atoms with E-state index in [1.165, 1.54) is 11.0 Å². The van der Waals surface area contributed by atoms with Gasteiger partial charge in [0.2, 0.25) is 5.91 Å². The fraction of sp³-hybridized carbons (Fsp3) is 0.333. The molecule has 0 aliphatic heterocycles. The highest BCUT2D eigenvalue weighted by Crippen LogP contribution is 2.20. The lowest BCUT2D eigenvalue weighted by atomic mass is 10.2.